The molecule has 0 bridgehead atoms. The Morgan fingerprint density at radius 1 is 1.00 bits per heavy atom. The third-order valence-corrected chi connectivity index (χ3v) is 1.11. The van der Waals surface area contributed by atoms with Gasteiger partial charge in [0.05, 0.1) is 0 Å². The van der Waals surface area contributed by atoms with Gasteiger partial charge in [0.15, 0.2) is 0 Å². The predicted molar refractivity (Wildman–Crippen MR) is 49.5 cm³/mol. The number of nitrogens with one attached hydrogen (secondary N) is 1. The van der Waals surface area contributed by atoms with Gasteiger partial charge in [0.25, 0.3) is 0 Å². The molecule has 1 N–H and O–H groups in total. The average molecular weight is 157 g/mol. The molecule has 0 aliphatic carbocycles. The van der Waals surface area contributed by atoms with Crippen LogP contribution in [0.4, 0.5) is 0 Å². The van der Waals surface area contributed by atoms with E-state index in [1.165, 1.54) is 0 Å². The summed E-state index contributed by atoms with van der Waals surface area (Å²) in [6, 6.07) is 12.5. The molecule has 0 fully saturated rings. The van der Waals surface area contributed by atoms with Crippen LogP contribution in [0, 0.1) is 6.07 Å². The van der Waals surface area contributed by atoms with E-state index in [1.807, 2.05) is 30.3 Å². The molecule has 0 saturated carbocycles. The molecule has 0 heterocycles. The Kier molecular flexibility index (Phi) is 15.9. The van der Waals surface area contributed by atoms with E-state index in [0.717, 1.165) is 13.1 Å². The molecular formula is C10H16LiN. The molecular weight excluding hydrogens is 141 g/mol. The number of rotatable bonds is 2. The Labute approximate surface area is 87.7 Å². The normalized spacial score (nSPS) is 7.50. The molecule has 0 saturated heterocycles. The van der Waals surface area contributed by atoms with E-state index in [9.17, 15) is 0 Å². The zero-order valence-electron chi connectivity index (χ0n) is 8.30. The first-order valence-electron chi connectivity index (χ1n) is 4.03. The molecule has 1 aromatic carbocycles. The predicted octanol–water partition coefficient (Wildman–Crippen LogP) is -0.893. The summed E-state index contributed by atoms with van der Waals surface area (Å²) in [4.78, 5) is 0. The van der Waals surface area contributed by atoms with E-state index in [-0.39, 0.29) is 18.9 Å². The van der Waals surface area contributed by atoms with E-state index in [4.69, 9.17) is 0 Å². The Hall–Kier alpha value is -0.223. The summed E-state index contributed by atoms with van der Waals surface area (Å²) in [5.74, 6) is 0. The Balaban J connectivity index is 0. The third-order valence-electron chi connectivity index (χ3n) is 1.11. The number of benzene rings is 1. The number of hydrogen-bond donors (Lipinski definition) is 1. The topological polar surface area (TPSA) is 12.0 Å². The molecule has 12 heavy (non-hydrogen) atoms. The molecule has 1 aromatic rings. The molecule has 1 nitrogen and oxygen atoms in total. The minimum absolute atomic E-state index is 0. The van der Waals surface area contributed by atoms with Crippen LogP contribution in [0.1, 0.15) is 13.8 Å². The van der Waals surface area contributed by atoms with Crippen LogP contribution in [0.2, 0.25) is 0 Å². The second kappa shape index (κ2) is 13.4. The van der Waals surface area contributed by atoms with Crippen molar-refractivity contribution in [1.82, 2.24) is 5.32 Å². The van der Waals surface area contributed by atoms with E-state index in [1.54, 1.807) is 0 Å². The maximum atomic E-state index is 3.11. The van der Waals surface area contributed by atoms with Crippen LogP contribution >= 0.6 is 0 Å². The first kappa shape index (κ1) is 14.3. The molecule has 0 unspecified atom stereocenters. The molecule has 0 amide bonds. The summed E-state index contributed by atoms with van der Waals surface area (Å²) < 4.78 is 0. The summed E-state index contributed by atoms with van der Waals surface area (Å²) in [6.45, 7) is 6.39. The van der Waals surface area contributed by atoms with Crippen molar-refractivity contribution in [3.05, 3.63) is 36.4 Å². The van der Waals surface area contributed by atoms with Crippen molar-refractivity contribution in [2.75, 3.05) is 13.1 Å². The molecule has 0 atom stereocenters. The van der Waals surface area contributed by atoms with E-state index < -0.39 is 0 Å². The zero-order valence-corrected chi connectivity index (χ0v) is 8.30. The minimum atomic E-state index is 0. The molecule has 0 aromatic heterocycles. The standard InChI is InChI=1S/C6H5.C4H11N.Li/c1-2-4-6-5-3-1;1-3-5-4-2;/h1-5H;5H,3-4H2,1-2H3;/q-1;;+1. The van der Waals surface area contributed by atoms with Crippen molar-refractivity contribution in [1.29, 1.82) is 0 Å². The van der Waals surface area contributed by atoms with Crippen LogP contribution in [-0.2, 0) is 0 Å². The van der Waals surface area contributed by atoms with Gasteiger partial charge in [-0.3, -0.25) is 0 Å². The number of hydrogen-bond acceptors (Lipinski definition) is 1. The van der Waals surface area contributed by atoms with Gasteiger partial charge in [-0.1, -0.05) is 13.8 Å². The summed E-state index contributed by atoms with van der Waals surface area (Å²) in [7, 11) is 0. The minimum Gasteiger partial charge on any atom is -0.317 e. The van der Waals surface area contributed by atoms with Crippen molar-refractivity contribution < 1.29 is 18.9 Å². The molecule has 0 aliphatic rings. The summed E-state index contributed by atoms with van der Waals surface area (Å²) >= 11 is 0. The van der Waals surface area contributed by atoms with Gasteiger partial charge in [0, 0.05) is 0 Å². The largest absolute Gasteiger partial charge is 1.00 e. The van der Waals surface area contributed by atoms with Gasteiger partial charge in [0.1, 0.15) is 0 Å². The van der Waals surface area contributed by atoms with Crippen molar-refractivity contribution in [2.24, 2.45) is 0 Å². The fourth-order valence-corrected chi connectivity index (χ4v) is 0.592. The molecule has 0 radical (unpaired) electrons. The summed E-state index contributed by atoms with van der Waals surface area (Å²) in [5, 5.41) is 3.11. The smallest absolute Gasteiger partial charge is 0.317 e. The fraction of sp³-hybridized carbons (Fsp3) is 0.400. The Morgan fingerprint density at radius 2 is 1.50 bits per heavy atom. The SMILES string of the molecule is CCNCC.[Li+].[c-]1ccccc1. The van der Waals surface area contributed by atoms with E-state index in [0.29, 0.717) is 0 Å². The van der Waals surface area contributed by atoms with Gasteiger partial charge in [-0.2, -0.15) is 36.4 Å². The quantitative estimate of drug-likeness (QED) is 0.433. The van der Waals surface area contributed by atoms with Crippen LogP contribution in [-0.4, -0.2) is 13.1 Å². The van der Waals surface area contributed by atoms with Crippen LogP contribution in [0.3, 0.4) is 0 Å². The summed E-state index contributed by atoms with van der Waals surface area (Å²) in [6.07, 6.45) is 0. The van der Waals surface area contributed by atoms with Gasteiger partial charge in [-0.15, -0.1) is 0 Å². The maximum Gasteiger partial charge on any atom is 1.00 e. The third kappa shape index (κ3) is 12.5. The van der Waals surface area contributed by atoms with Gasteiger partial charge in [-0.25, -0.2) is 0 Å². The molecule has 0 spiro atoms. The van der Waals surface area contributed by atoms with Crippen molar-refractivity contribution in [3.8, 4) is 0 Å². The van der Waals surface area contributed by atoms with Crippen molar-refractivity contribution in [2.45, 2.75) is 13.8 Å². The van der Waals surface area contributed by atoms with E-state index in [2.05, 4.69) is 25.2 Å². The Morgan fingerprint density at radius 3 is 1.58 bits per heavy atom. The van der Waals surface area contributed by atoms with Gasteiger partial charge >= 0.3 is 18.9 Å². The van der Waals surface area contributed by atoms with Crippen LogP contribution < -0.4 is 24.2 Å². The fourth-order valence-electron chi connectivity index (χ4n) is 0.592. The second-order valence-corrected chi connectivity index (χ2v) is 2.03. The first-order chi connectivity index (χ1) is 5.41. The maximum absolute atomic E-state index is 3.11. The molecule has 1 rings (SSSR count). The first-order valence-corrected chi connectivity index (χ1v) is 4.03. The van der Waals surface area contributed by atoms with Crippen LogP contribution in [0.5, 0.6) is 0 Å². The van der Waals surface area contributed by atoms with Crippen LogP contribution in [0.15, 0.2) is 30.3 Å². The monoisotopic (exact) mass is 157 g/mol. The van der Waals surface area contributed by atoms with Gasteiger partial charge in [-0.05, 0) is 13.1 Å². The second-order valence-electron chi connectivity index (χ2n) is 2.03. The summed E-state index contributed by atoms with van der Waals surface area (Å²) in [5.41, 5.74) is 0. The van der Waals surface area contributed by atoms with E-state index >= 15 is 0 Å². The van der Waals surface area contributed by atoms with Crippen LogP contribution in [0.25, 0.3) is 0 Å². The average Bonchev–Trinajstić information content (AvgIpc) is 2.10. The van der Waals surface area contributed by atoms with Crippen molar-refractivity contribution in [3.63, 3.8) is 0 Å². The van der Waals surface area contributed by atoms with Gasteiger partial charge in [0.2, 0.25) is 0 Å². The molecule has 62 valence electrons. The molecule has 2 heteroatoms. The van der Waals surface area contributed by atoms with Gasteiger partial charge < -0.3 is 5.32 Å². The zero-order chi connectivity index (χ0) is 8.36. The van der Waals surface area contributed by atoms with Crippen molar-refractivity contribution >= 4 is 0 Å². The molecule has 0 aliphatic heterocycles. The Bertz CT molecular complexity index is 113.